The van der Waals surface area contributed by atoms with Gasteiger partial charge in [-0.25, -0.2) is 0 Å². The van der Waals surface area contributed by atoms with E-state index in [1.165, 1.54) is 0 Å². The average molecular weight is 200 g/mol. The standard InChI is InChI=1S/C10H20O2Si/c1-7-13(8-2,11-9(3)4)12-10(5)6/h3,5,7-8H2,1-2,4,6H3. The molecule has 13 heavy (non-hydrogen) atoms. The van der Waals surface area contributed by atoms with Crippen LogP contribution in [0.15, 0.2) is 24.7 Å². The topological polar surface area (TPSA) is 18.5 Å². The van der Waals surface area contributed by atoms with Crippen LogP contribution in [-0.2, 0) is 8.85 Å². The van der Waals surface area contributed by atoms with Gasteiger partial charge in [0.05, 0.1) is 11.5 Å². The lowest BCUT2D eigenvalue weighted by atomic mass is 10.7. The van der Waals surface area contributed by atoms with Gasteiger partial charge in [-0.2, -0.15) is 0 Å². The summed E-state index contributed by atoms with van der Waals surface area (Å²) in [6.45, 7) is 15.4. The molecule has 3 heteroatoms. The largest absolute Gasteiger partial charge is 0.517 e. The maximum absolute atomic E-state index is 5.71. The van der Waals surface area contributed by atoms with E-state index in [0.717, 1.165) is 23.6 Å². The third kappa shape index (κ3) is 4.17. The van der Waals surface area contributed by atoms with E-state index in [0.29, 0.717) is 0 Å². The number of allylic oxidation sites excluding steroid dienone is 2. The third-order valence-electron chi connectivity index (χ3n) is 1.80. The molecule has 0 aliphatic carbocycles. The summed E-state index contributed by atoms with van der Waals surface area (Å²) in [5.41, 5.74) is 0. The third-order valence-corrected chi connectivity index (χ3v) is 5.39. The molecular formula is C10H20O2Si. The van der Waals surface area contributed by atoms with Gasteiger partial charge in [0.25, 0.3) is 0 Å². The molecule has 0 aliphatic heterocycles. The molecule has 0 amide bonds. The molecule has 0 aromatic rings. The van der Waals surface area contributed by atoms with Gasteiger partial charge in [-0.1, -0.05) is 27.0 Å². The summed E-state index contributed by atoms with van der Waals surface area (Å²) in [5.74, 6) is 1.47. The van der Waals surface area contributed by atoms with Crippen LogP contribution in [0.3, 0.4) is 0 Å². The lowest BCUT2D eigenvalue weighted by Crippen LogP contribution is -2.39. The van der Waals surface area contributed by atoms with E-state index in [1.54, 1.807) is 0 Å². The molecule has 0 aromatic carbocycles. The number of rotatable bonds is 6. The van der Waals surface area contributed by atoms with Crippen molar-refractivity contribution in [2.75, 3.05) is 0 Å². The molecule has 0 spiro atoms. The molecule has 76 valence electrons. The summed E-state index contributed by atoms with van der Waals surface area (Å²) in [7, 11) is -2.07. The van der Waals surface area contributed by atoms with Crippen LogP contribution >= 0.6 is 0 Å². The van der Waals surface area contributed by atoms with Crippen molar-refractivity contribution in [2.24, 2.45) is 0 Å². The van der Waals surface area contributed by atoms with Crippen LogP contribution in [0.25, 0.3) is 0 Å². The summed E-state index contributed by atoms with van der Waals surface area (Å²) in [4.78, 5) is 0. The maximum Gasteiger partial charge on any atom is 0.459 e. The summed E-state index contributed by atoms with van der Waals surface area (Å²) in [6, 6.07) is 1.84. The first-order valence-corrected chi connectivity index (χ1v) is 6.88. The fourth-order valence-corrected chi connectivity index (χ4v) is 3.58. The molecular weight excluding hydrogens is 180 g/mol. The molecule has 0 N–H and O–H groups in total. The molecule has 0 saturated heterocycles. The first-order valence-electron chi connectivity index (χ1n) is 4.64. The number of hydrogen-bond acceptors (Lipinski definition) is 2. The van der Waals surface area contributed by atoms with Crippen molar-refractivity contribution in [1.29, 1.82) is 0 Å². The van der Waals surface area contributed by atoms with Crippen LogP contribution in [0.4, 0.5) is 0 Å². The minimum absolute atomic E-state index is 0.733. The Bertz CT molecular complexity index is 177. The van der Waals surface area contributed by atoms with E-state index >= 15 is 0 Å². The second-order valence-electron chi connectivity index (χ2n) is 3.23. The molecule has 0 bridgehead atoms. The minimum Gasteiger partial charge on any atom is -0.517 e. The fraction of sp³-hybridized carbons (Fsp3) is 0.600. The van der Waals surface area contributed by atoms with Gasteiger partial charge in [-0.15, -0.1) is 0 Å². The highest BCUT2D eigenvalue weighted by Crippen LogP contribution is 2.23. The molecule has 0 atom stereocenters. The summed E-state index contributed by atoms with van der Waals surface area (Å²) in [6.07, 6.45) is 0. The van der Waals surface area contributed by atoms with E-state index in [9.17, 15) is 0 Å². The molecule has 2 nitrogen and oxygen atoms in total. The summed E-state index contributed by atoms with van der Waals surface area (Å²) >= 11 is 0. The van der Waals surface area contributed by atoms with Crippen LogP contribution in [-0.4, -0.2) is 8.56 Å². The predicted octanol–water partition coefficient (Wildman–Crippen LogP) is 3.57. The smallest absolute Gasteiger partial charge is 0.459 e. The van der Waals surface area contributed by atoms with Crippen molar-refractivity contribution >= 4 is 8.56 Å². The number of hydrogen-bond donors (Lipinski definition) is 0. The average Bonchev–Trinajstić information content (AvgIpc) is 2.01. The van der Waals surface area contributed by atoms with Gasteiger partial charge in [0, 0.05) is 12.1 Å². The molecule has 0 unspecified atom stereocenters. The molecule has 0 saturated carbocycles. The first kappa shape index (κ1) is 12.3. The highest BCUT2D eigenvalue weighted by Gasteiger charge is 2.37. The predicted molar refractivity (Wildman–Crippen MR) is 58.5 cm³/mol. The zero-order valence-corrected chi connectivity index (χ0v) is 10.1. The van der Waals surface area contributed by atoms with Crippen molar-refractivity contribution in [3.8, 4) is 0 Å². The van der Waals surface area contributed by atoms with Crippen molar-refractivity contribution in [3.63, 3.8) is 0 Å². The molecule has 0 fully saturated rings. The van der Waals surface area contributed by atoms with Crippen LogP contribution in [0.5, 0.6) is 0 Å². The van der Waals surface area contributed by atoms with Gasteiger partial charge < -0.3 is 8.85 Å². The zero-order valence-electron chi connectivity index (χ0n) is 9.14. The molecule has 0 aliphatic rings. The maximum atomic E-state index is 5.71. The lowest BCUT2D eigenvalue weighted by molar-refractivity contribution is 0.263. The summed E-state index contributed by atoms with van der Waals surface area (Å²) in [5, 5.41) is 0. The van der Waals surface area contributed by atoms with Gasteiger partial charge in [0.2, 0.25) is 0 Å². The van der Waals surface area contributed by atoms with E-state index in [4.69, 9.17) is 8.85 Å². The Morgan fingerprint density at radius 1 is 1.00 bits per heavy atom. The van der Waals surface area contributed by atoms with Crippen molar-refractivity contribution in [3.05, 3.63) is 24.7 Å². The van der Waals surface area contributed by atoms with Crippen molar-refractivity contribution in [2.45, 2.75) is 39.8 Å². The van der Waals surface area contributed by atoms with Gasteiger partial charge in [-0.05, 0) is 13.8 Å². The second kappa shape index (κ2) is 5.12. The van der Waals surface area contributed by atoms with Gasteiger partial charge in [-0.3, -0.25) is 0 Å². The van der Waals surface area contributed by atoms with E-state index < -0.39 is 8.56 Å². The SMILES string of the molecule is C=C(C)O[Si](CC)(CC)OC(=C)C. The van der Waals surface area contributed by atoms with Gasteiger partial charge in [0.15, 0.2) is 0 Å². The Morgan fingerprint density at radius 3 is 1.46 bits per heavy atom. The highest BCUT2D eigenvalue weighted by atomic mass is 28.4. The van der Waals surface area contributed by atoms with Crippen LogP contribution < -0.4 is 0 Å². The Labute approximate surface area is 82.5 Å². The normalized spacial score (nSPS) is 10.8. The van der Waals surface area contributed by atoms with Crippen molar-refractivity contribution < 1.29 is 8.85 Å². The Balaban J connectivity index is 4.48. The molecule has 0 aromatic heterocycles. The lowest BCUT2D eigenvalue weighted by Gasteiger charge is -2.29. The fourth-order valence-electron chi connectivity index (χ4n) is 1.19. The second-order valence-corrected chi connectivity index (χ2v) is 6.87. The minimum atomic E-state index is -2.07. The van der Waals surface area contributed by atoms with E-state index in [2.05, 4.69) is 27.0 Å². The molecule has 0 rings (SSSR count). The monoisotopic (exact) mass is 200 g/mol. The van der Waals surface area contributed by atoms with E-state index in [1.807, 2.05) is 13.8 Å². The summed E-state index contributed by atoms with van der Waals surface area (Å²) < 4.78 is 11.4. The van der Waals surface area contributed by atoms with Crippen LogP contribution in [0.2, 0.25) is 12.1 Å². The van der Waals surface area contributed by atoms with Gasteiger partial charge >= 0.3 is 8.56 Å². The Morgan fingerprint density at radius 2 is 1.31 bits per heavy atom. The van der Waals surface area contributed by atoms with E-state index in [-0.39, 0.29) is 0 Å². The van der Waals surface area contributed by atoms with Crippen LogP contribution in [0, 0.1) is 0 Å². The highest BCUT2D eigenvalue weighted by molar-refractivity contribution is 6.67. The van der Waals surface area contributed by atoms with Crippen LogP contribution in [0.1, 0.15) is 27.7 Å². The Kier molecular flexibility index (Phi) is 4.84. The molecule has 0 radical (unpaired) electrons. The first-order chi connectivity index (χ1) is 5.95. The molecule has 0 heterocycles. The van der Waals surface area contributed by atoms with Gasteiger partial charge in [0.1, 0.15) is 0 Å². The quantitative estimate of drug-likeness (QED) is 0.482. The van der Waals surface area contributed by atoms with Crippen molar-refractivity contribution in [1.82, 2.24) is 0 Å². The zero-order chi connectivity index (χ0) is 10.5. The Hall–Kier alpha value is -0.703.